The fourth-order valence-corrected chi connectivity index (χ4v) is 4.31. The van der Waals surface area contributed by atoms with Gasteiger partial charge in [0.1, 0.15) is 18.9 Å². The molecule has 1 fully saturated rings. The molecule has 37 heavy (non-hydrogen) atoms. The van der Waals surface area contributed by atoms with E-state index in [2.05, 4.69) is 5.32 Å². The van der Waals surface area contributed by atoms with Crippen LogP contribution >= 0.6 is 11.8 Å². The Morgan fingerprint density at radius 2 is 1.73 bits per heavy atom. The van der Waals surface area contributed by atoms with E-state index in [0.717, 1.165) is 22.2 Å². The van der Waals surface area contributed by atoms with E-state index in [1.54, 1.807) is 43.3 Å². The van der Waals surface area contributed by atoms with Crippen molar-refractivity contribution < 1.29 is 28.7 Å². The highest BCUT2D eigenvalue weighted by Gasteiger charge is 2.36. The number of hydrogen-bond acceptors (Lipinski definition) is 7. The van der Waals surface area contributed by atoms with E-state index in [1.807, 2.05) is 36.4 Å². The highest BCUT2D eigenvalue weighted by molar-refractivity contribution is 8.18. The third kappa shape index (κ3) is 6.86. The maximum atomic E-state index is 12.8. The third-order valence-corrected chi connectivity index (χ3v) is 6.17. The van der Waals surface area contributed by atoms with E-state index in [-0.39, 0.29) is 11.5 Å². The summed E-state index contributed by atoms with van der Waals surface area (Å²) in [5, 5.41) is 2.10. The molecule has 1 aliphatic heterocycles. The van der Waals surface area contributed by atoms with Crippen LogP contribution in [0.4, 0.5) is 10.5 Å². The Kier molecular flexibility index (Phi) is 8.37. The maximum Gasteiger partial charge on any atom is 0.338 e. The van der Waals surface area contributed by atoms with Gasteiger partial charge in [-0.15, -0.1) is 0 Å². The van der Waals surface area contributed by atoms with Gasteiger partial charge in [-0.1, -0.05) is 42.5 Å². The van der Waals surface area contributed by atoms with E-state index in [4.69, 9.17) is 9.47 Å². The second-order valence-electron chi connectivity index (χ2n) is 7.96. The number of esters is 1. The van der Waals surface area contributed by atoms with Crippen molar-refractivity contribution in [2.75, 3.05) is 18.5 Å². The van der Waals surface area contributed by atoms with Gasteiger partial charge in [-0.2, -0.15) is 0 Å². The summed E-state index contributed by atoms with van der Waals surface area (Å²) >= 11 is 0.777. The minimum Gasteiger partial charge on any atom is -0.489 e. The van der Waals surface area contributed by atoms with Crippen LogP contribution in [0.2, 0.25) is 0 Å². The van der Waals surface area contributed by atoms with Crippen LogP contribution in [0.3, 0.4) is 0 Å². The molecule has 0 atom stereocenters. The van der Waals surface area contributed by atoms with Crippen LogP contribution in [0.5, 0.6) is 5.75 Å². The highest BCUT2D eigenvalue weighted by Crippen LogP contribution is 2.32. The summed E-state index contributed by atoms with van der Waals surface area (Å²) in [5.41, 5.74) is 2.50. The topological polar surface area (TPSA) is 102 Å². The van der Waals surface area contributed by atoms with Crippen LogP contribution in [-0.4, -0.2) is 41.1 Å². The standard InChI is InChI=1S/C28H24N2O6S/c1-2-35-27(33)21-11-13-22(14-12-21)29-25(31)17-30-26(32)24(37-28(30)34)16-20-9-6-10-23(15-20)36-18-19-7-4-3-5-8-19/h3-16H,2,17-18H2,1H3,(H,29,31)/b24-16-. The lowest BCUT2D eigenvalue weighted by atomic mass is 10.2. The molecule has 1 aliphatic rings. The molecule has 3 aromatic carbocycles. The SMILES string of the molecule is CCOC(=O)c1ccc(NC(=O)CN2C(=O)S/C(=C\c3cccc(OCc4ccccc4)c3)C2=O)cc1. The Hall–Kier alpha value is -4.37. The summed E-state index contributed by atoms with van der Waals surface area (Å²) < 4.78 is 10.8. The van der Waals surface area contributed by atoms with Gasteiger partial charge in [0.15, 0.2) is 0 Å². The summed E-state index contributed by atoms with van der Waals surface area (Å²) in [6.07, 6.45) is 1.60. The molecular weight excluding hydrogens is 492 g/mol. The second-order valence-corrected chi connectivity index (χ2v) is 8.95. The molecular formula is C28H24N2O6S. The third-order valence-electron chi connectivity index (χ3n) is 5.26. The fourth-order valence-electron chi connectivity index (χ4n) is 3.47. The molecule has 188 valence electrons. The molecule has 0 aromatic heterocycles. The van der Waals surface area contributed by atoms with Crippen LogP contribution < -0.4 is 10.1 Å². The monoisotopic (exact) mass is 516 g/mol. The fraction of sp³-hybridized carbons (Fsp3) is 0.143. The van der Waals surface area contributed by atoms with Crippen LogP contribution in [0.1, 0.15) is 28.4 Å². The first-order valence-corrected chi connectivity index (χ1v) is 12.3. The Labute approximate surface area is 218 Å². The lowest BCUT2D eigenvalue weighted by Crippen LogP contribution is -2.36. The molecule has 3 aromatic rings. The number of nitrogens with zero attached hydrogens (tertiary/aromatic N) is 1. The summed E-state index contributed by atoms with van der Waals surface area (Å²) in [6.45, 7) is 1.95. The molecule has 8 nitrogen and oxygen atoms in total. The number of rotatable bonds is 9. The zero-order valence-corrected chi connectivity index (χ0v) is 20.8. The van der Waals surface area contributed by atoms with Crippen LogP contribution in [-0.2, 0) is 20.9 Å². The van der Waals surface area contributed by atoms with Gasteiger partial charge < -0.3 is 14.8 Å². The first-order chi connectivity index (χ1) is 17.9. The predicted molar refractivity (Wildman–Crippen MR) is 141 cm³/mol. The van der Waals surface area contributed by atoms with E-state index in [9.17, 15) is 19.2 Å². The Morgan fingerprint density at radius 3 is 2.46 bits per heavy atom. The van der Waals surface area contributed by atoms with Gasteiger partial charge in [-0.05, 0) is 72.3 Å². The van der Waals surface area contributed by atoms with Crippen LogP contribution in [0, 0.1) is 0 Å². The second kappa shape index (κ2) is 12.0. The van der Waals surface area contributed by atoms with Gasteiger partial charge in [0.05, 0.1) is 17.1 Å². The molecule has 4 rings (SSSR count). The van der Waals surface area contributed by atoms with Gasteiger partial charge >= 0.3 is 5.97 Å². The molecule has 0 unspecified atom stereocenters. The first-order valence-electron chi connectivity index (χ1n) is 11.5. The van der Waals surface area contributed by atoms with Crippen LogP contribution in [0.15, 0.2) is 83.8 Å². The van der Waals surface area contributed by atoms with E-state index in [1.165, 1.54) is 12.1 Å². The number of ether oxygens (including phenoxy) is 2. The van der Waals surface area contributed by atoms with Crippen molar-refractivity contribution in [2.24, 2.45) is 0 Å². The number of benzene rings is 3. The number of carbonyl (C=O) groups excluding carboxylic acids is 4. The van der Waals surface area contributed by atoms with Crippen LogP contribution in [0.25, 0.3) is 6.08 Å². The normalized spacial score (nSPS) is 14.1. The van der Waals surface area contributed by atoms with Crippen molar-refractivity contribution in [1.29, 1.82) is 0 Å². The van der Waals surface area contributed by atoms with Crippen molar-refractivity contribution in [3.8, 4) is 5.75 Å². The Bertz CT molecular complexity index is 1340. The Balaban J connectivity index is 1.36. The average Bonchev–Trinajstić information content (AvgIpc) is 3.16. The van der Waals surface area contributed by atoms with E-state index >= 15 is 0 Å². The van der Waals surface area contributed by atoms with E-state index in [0.29, 0.717) is 29.2 Å². The van der Waals surface area contributed by atoms with Gasteiger partial charge in [-0.25, -0.2) is 4.79 Å². The predicted octanol–water partition coefficient (Wildman–Crippen LogP) is 5.12. The summed E-state index contributed by atoms with van der Waals surface area (Å²) in [5.74, 6) is -0.911. The maximum absolute atomic E-state index is 12.8. The van der Waals surface area contributed by atoms with E-state index < -0.39 is 29.6 Å². The molecule has 1 saturated heterocycles. The molecule has 0 bridgehead atoms. The number of imide groups is 1. The Morgan fingerprint density at radius 1 is 0.973 bits per heavy atom. The number of hydrogen-bond donors (Lipinski definition) is 1. The van der Waals surface area contributed by atoms with Crippen molar-refractivity contribution in [1.82, 2.24) is 4.90 Å². The minimum atomic E-state index is -0.543. The first kappa shape index (κ1) is 25.7. The molecule has 1 heterocycles. The molecule has 1 N–H and O–H groups in total. The van der Waals surface area contributed by atoms with Gasteiger partial charge in [0.2, 0.25) is 5.91 Å². The minimum absolute atomic E-state index is 0.219. The van der Waals surface area contributed by atoms with Crippen molar-refractivity contribution >= 4 is 46.5 Å². The number of anilines is 1. The van der Waals surface area contributed by atoms with Gasteiger partial charge in [0, 0.05) is 5.69 Å². The smallest absolute Gasteiger partial charge is 0.338 e. The zero-order chi connectivity index (χ0) is 26.2. The van der Waals surface area contributed by atoms with Gasteiger partial charge in [0.25, 0.3) is 11.1 Å². The summed E-state index contributed by atoms with van der Waals surface area (Å²) in [6, 6.07) is 23.1. The van der Waals surface area contributed by atoms with Crippen molar-refractivity contribution in [2.45, 2.75) is 13.5 Å². The molecule has 0 aliphatic carbocycles. The molecule has 9 heteroatoms. The van der Waals surface area contributed by atoms with Gasteiger partial charge in [-0.3, -0.25) is 19.3 Å². The quantitative estimate of drug-likeness (QED) is 0.311. The zero-order valence-electron chi connectivity index (χ0n) is 20.0. The van der Waals surface area contributed by atoms with Crippen molar-refractivity contribution in [3.63, 3.8) is 0 Å². The molecule has 0 radical (unpaired) electrons. The molecule has 3 amide bonds. The number of amides is 3. The average molecular weight is 517 g/mol. The number of nitrogens with one attached hydrogen (secondary N) is 1. The molecule has 0 saturated carbocycles. The van der Waals surface area contributed by atoms with Crippen molar-refractivity contribution in [3.05, 3.63) is 100 Å². The number of carbonyl (C=O) groups is 4. The summed E-state index contributed by atoms with van der Waals surface area (Å²) in [7, 11) is 0. The number of thioether (sulfide) groups is 1. The lowest BCUT2D eigenvalue weighted by molar-refractivity contribution is -0.127. The largest absolute Gasteiger partial charge is 0.489 e. The lowest BCUT2D eigenvalue weighted by Gasteiger charge is -2.12. The highest BCUT2D eigenvalue weighted by atomic mass is 32.2. The molecule has 0 spiro atoms. The summed E-state index contributed by atoms with van der Waals surface area (Å²) in [4.78, 5) is 50.6.